The van der Waals surface area contributed by atoms with Crippen LogP contribution < -0.4 is 5.73 Å². The normalized spacial score (nSPS) is 19.1. The highest BCUT2D eigenvalue weighted by atomic mass is 16.5. The number of amides is 1. The Morgan fingerprint density at radius 3 is 2.75 bits per heavy atom. The standard InChI is InChI=1S/C9H17NO2/c1-2-8(9(10)11)12-6-5-7-3-4-7/h7-8H,2-6H2,1H3,(H2,10,11). The summed E-state index contributed by atoms with van der Waals surface area (Å²) in [7, 11) is 0. The summed E-state index contributed by atoms with van der Waals surface area (Å²) in [5.41, 5.74) is 5.12. The van der Waals surface area contributed by atoms with Crippen LogP contribution in [0.25, 0.3) is 0 Å². The summed E-state index contributed by atoms with van der Waals surface area (Å²) in [5.74, 6) is 0.517. The van der Waals surface area contributed by atoms with Gasteiger partial charge in [-0.05, 0) is 18.8 Å². The van der Waals surface area contributed by atoms with Crippen molar-refractivity contribution < 1.29 is 9.53 Å². The second-order valence-electron chi connectivity index (χ2n) is 3.40. The van der Waals surface area contributed by atoms with E-state index in [9.17, 15) is 4.79 Å². The van der Waals surface area contributed by atoms with E-state index in [1.165, 1.54) is 12.8 Å². The van der Waals surface area contributed by atoms with Crippen LogP contribution >= 0.6 is 0 Å². The van der Waals surface area contributed by atoms with Gasteiger partial charge in [-0.3, -0.25) is 4.79 Å². The topological polar surface area (TPSA) is 52.3 Å². The van der Waals surface area contributed by atoms with E-state index in [2.05, 4.69) is 0 Å². The van der Waals surface area contributed by atoms with E-state index in [0.717, 1.165) is 12.3 Å². The van der Waals surface area contributed by atoms with Crippen LogP contribution in [0.3, 0.4) is 0 Å². The van der Waals surface area contributed by atoms with Gasteiger partial charge in [-0.1, -0.05) is 19.8 Å². The average Bonchev–Trinajstić information content (AvgIpc) is 2.80. The maximum Gasteiger partial charge on any atom is 0.246 e. The molecule has 3 heteroatoms. The van der Waals surface area contributed by atoms with E-state index in [1.54, 1.807) is 0 Å². The Balaban J connectivity index is 2.05. The molecular formula is C9H17NO2. The van der Waals surface area contributed by atoms with Crippen molar-refractivity contribution in [2.75, 3.05) is 6.61 Å². The Morgan fingerprint density at radius 1 is 1.67 bits per heavy atom. The first-order chi connectivity index (χ1) is 5.74. The van der Waals surface area contributed by atoms with E-state index in [-0.39, 0.29) is 12.0 Å². The summed E-state index contributed by atoms with van der Waals surface area (Å²) in [6, 6.07) is 0. The molecule has 0 radical (unpaired) electrons. The van der Waals surface area contributed by atoms with E-state index in [0.29, 0.717) is 13.0 Å². The molecule has 0 spiro atoms. The van der Waals surface area contributed by atoms with Gasteiger partial charge in [-0.15, -0.1) is 0 Å². The van der Waals surface area contributed by atoms with Crippen LogP contribution in [0, 0.1) is 5.92 Å². The molecule has 0 heterocycles. The minimum absolute atomic E-state index is 0.340. The first-order valence-corrected chi connectivity index (χ1v) is 4.65. The molecule has 1 aliphatic carbocycles. The minimum atomic E-state index is -0.372. The predicted molar refractivity (Wildman–Crippen MR) is 46.6 cm³/mol. The van der Waals surface area contributed by atoms with Crippen molar-refractivity contribution in [3.63, 3.8) is 0 Å². The molecule has 0 saturated heterocycles. The first kappa shape index (κ1) is 9.52. The molecule has 0 bridgehead atoms. The lowest BCUT2D eigenvalue weighted by Crippen LogP contribution is -2.30. The molecule has 3 nitrogen and oxygen atoms in total. The van der Waals surface area contributed by atoms with Crippen molar-refractivity contribution in [1.82, 2.24) is 0 Å². The second-order valence-corrected chi connectivity index (χ2v) is 3.40. The number of carbonyl (C=O) groups is 1. The summed E-state index contributed by atoms with van der Waals surface area (Å²) < 4.78 is 5.33. The van der Waals surface area contributed by atoms with E-state index in [4.69, 9.17) is 10.5 Å². The van der Waals surface area contributed by atoms with E-state index in [1.807, 2.05) is 6.92 Å². The molecule has 1 unspecified atom stereocenters. The molecule has 1 fully saturated rings. The average molecular weight is 171 g/mol. The second kappa shape index (κ2) is 4.45. The van der Waals surface area contributed by atoms with Gasteiger partial charge in [0.05, 0.1) is 0 Å². The molecule has 12 heavy (non-hydrogen) atoms. The Bertz CT molecular complexity index is 155. The van der Waals surface area contributed by atoms with Gasteiger partial charge in [0.2, 0.25) is 5.91 Å². The highest BCUT2D eigenvalue weighted by molar-refractivity contribution is 5.78. The third kappa shape index (κ3) is 3.22. The van der Waals surface area contributed by atoms with Crippen molar-refractivity contribution >= 4 is 5.91 Å². The molecule has 0 aromatic heterocycles. The third-order valence-electron chi connectivity index (χ3n) is 2.23. The SMILES string of the molecule is CCC(OCCC1CC1)C(N)=O. The highest BCUT2D eigenvalue weighted by Crippen LogP contribution is 2.32. The van der Waals surface area contributed by atoms with Crippen LogP contribution in [0.5, 0.6) is 0 Å². The number of hydrogen-bond acceptors (Lipinski definition) is 2. The molecule has 70 valence electrons. The van der Waals surface area contributed by atoms with Gasteiger partial charge in [0.15, 0.2) is 0 Å². The van der Waals surface area contributed by atoms with Gasteiger partial charge < -0.3 is 10.5 Å². The first-order valence-electron chi connectivity index (χ1n) is 4.65. The van der Waals surface area contributed by atoms with Crippen molar-refractivity contribution in [2.45, 2.75) is 38.7 Å². The van der Waals surface area contributed by atoms with Gasteiger partial charge in [0, 0.05) is 6.61 Å². The summed E-state index contributed by atoms with van der Waals surface area (Å²) in [6.45, 7) is 2.60. The molecule has 1 rings (SSSR count). The Labute approximate surface area is 73.3 Å². The molecule has 1 saturated carbocycles. The Hall–Kier alpha value is -0.570. The zero-order valence-electron chi connectivity index (χ0n) is 7.58. The minimum Gasteiger partial charge on any atom is -0.368 e. The predicted octanol–water partition coefficient (Wildman–Crippen LogP) is 1.07. The van der Waals surface area contributed by atoms with Crippen molar-refractivity contribution in [3.8, 4) is 0 Å². The maximum absolute atomic E-state index is 10.7. The van der Waals surface area contributed by atoms with Crippen LogP contribution in [-0.2, 0) is 9.53 Å². The fourth-order valence-corrected chi connectivity index (χ4v) is 1.18. The third-order valence-corrected chi connectivity index (χ3v) is 2.23. The van der Waals surface area contributed by atoms with Crippen LogP contribution in [-0.4, -0.2) is 18.6 Å². The monoisotopic (exact) mass is 171 g/mol. The quantitative estimate of drug-likeness (QED) is 0.649. The zero-order valence-corrected chi connectivity index (χ0v) is 7.58. The molecule has 0 aromatic carbocycles. The van der Waals surface area contributed by atoms with Crippen molar-refractivity contribution in [2.24, 2.45) is 11.7 Å². The fourth-order valence-electron chi connectivity index (χ4n) is 1.18. The largest absolute Gasteiger partial charge is 0.368 e. The lowest BCUT2D eigenvalue weighted by atomic mass is 10.2. The fraction of sp³-hybridized carbons (Fsp3) is 0.889. The number of nitrogens with two attached hydrogens (primary N) is 1. The van der Waals surface area contributed by atoms with E-state index >= 15 is 0 Å². The van der Waals surface area contributed by atoms with Gasteiger partial charge in [-0.2, -0.15) is 0 Å². The summed E-state index contributed by atoms with van der Waals surface area (Å²) in [5, 5.41) is 0. The van der Waals surface area contributed by atoms with Gasteiger partial charge in [0.25, 0.3) is 0 Å². The highest BCUT2D eigenvalue weighted by Gasteiger charge is 2.21. The van der Waals surface area contributed by atoms with Crippen molar-refractivity contribution in [1.29, 1.82) is 0 Å². The maximum atomic E-state index is 10.7. The molecule has 1 atom stereocenters. The molecule has 1 amide bonds. The Kier molecular flexibility index (Phi) is 3.53. The summed E-state index contributed by atoms with van der Waals surface area (Å²) in [6.07, 6.45) is 4.06. The Morgan fingerprint density at radius 2 is 2.33 bits per heavy atom. The molecule has 1 aliphatic rings. The number of primary amides is 1. The molecule has 2 N–H and O–H groups in total. The van der Waals surface area contributed by atoms with Crippen LogP contribution in [0.2, 0.25) is 0 Å². The number of hydrogen-bond donors (Lipinski definition) is 1. The molecule has 0 aromatic rings. The lowest BCUT2D eigenvalue weighted by Gasteiger charge is -2.11. The lowest BCUT2D eigenvalue weighted by molar-refractivity contribution is -0.129. The number of rotatable bonds is 6. The van der Waals surface area contributed by atoms with Crippen molar-refractivity contribution in [3.05, 3.63) is 0 Å². The van der Waals surface area contributed by atoms with Crippen LogP contribution in [0.4, 0.5) is 0 Å². The zero-order chi connectivity index (χ0) is 8.97. The molecular weight excluding hydrogens is 154 g/mol. The van der Waals surface area contributed by atoms with Gasteiger partial charge in [0.1, 0.15) is 6.10 Å². The van der Waals surface area contributed by atoms with Gasteiger partial charge >= 0.3 is 0 Å². The molecule has 0 aliphatic heterocycles. The van der Waals surface area contributed by atoms with Crippen LogP contribution in [0.15, 0.2) is 0 Å². The smallest absolute Gasteiger partial charge is 0.246 e. The van der Waals surface area contributed by atoms with Crippen LogP contribution in [0.1, 0.15) is 32.6 Å². The summed E-state index contributed by atoms with van der Waals surface area (Å²) in [4.78, 5) is 10.7. The number of carbonyl (C=O) groups excluding carboxylic acids is 1. The van der Waals surface area contributed by atoms with Gasteiger partial charge in [-0.25, -0.2) is 0 Å². The summed E-state index contributed by atoms with van der Waals surface area (Å²) >= 11 is 0. The number of ether oxygens (including phenoxy) is 1. The van der Waals surface area contributed by atoms with E-state index < -0.39 is 0 Å².